The highest BCUT2D eigenvalue weighted by molar-refractivity contribution is 6.30. The molecule has 1 aromatic carbocycles. The smallest absolute Gasteiger partial charge is 0.264 e. The van der Waals surface area contributed by atoms with E-state index in [1.54, 1.807) is 26.2 Å². The van der Waals surface area contributed by atoms with Crippen molar-refractivity contribution in [2.45, 2.75) is 13.0 Å². The molecule has 2 aromatic heterocycles. The third-order valence-electron chi connectivity index (χ3n) is 4.62. The first-order valence-corrected chi connectivity index (χ1v) is 9.59. The van der Waals surface area contributed by atoms with Crippen LogP contribution < -0.4 is 5.73 Å². The van der Waals surface area contributed by atoms with Gasteiger partial charge in [-0.3, -0.25) is 4.79 Å². The summed E-state index contributed by atoms with van der Waals surface area (Å²) < 4.78 is 1.84. The number of carbonyl (C=O) groups excluding carboxylic acids is 1. The molecule has 1 amide bonds. The first-order valence-electron chi connectivity index (χ1n) is 9.22. The number of hydrogen-bond acceptors (Lipinski definition) is 6. The molecule has 154 valence electrons. The Balaban J connectivity index is 2.42. The highest BCUT2D eigenvalue weighted by Gasteiger charge is 2.23. The second-order valence-corrected chi connectivity index (χ2v) is 7.26. The number of halogens is 1. The molecule has 0 aliphatic heterocycles. The first kappa shape index (κ1) is 21.3. The lowest BCUT2D eigenvalue weighted by Crippen LogP contribution is -2.23. The Bertz CT molecular complexity index is 1160. The molecule has 0 fully saturated rings. The van der Waals surface area contributed by atoms with Crippen LogP contribution in [0.3, 0.4) is 0 Å². The normalized spacial score (nSPS) is 11.5. The molecule has 3 aromatic rings. The van der Waals surface area contributed by atoms with E-state index < -0.39 is 5.91 Å². The fraction of sp³-hybridized carbons (Fsp3) is 0.238. The molecule has 9 heteroatoms. The van der Waals surface area contributed by atoms with Gasteiger partial charge in [-0.2, -0.15) is 5.26 Å². The lowest BCUT2D eigenvalue weighted by atomic mass is 10.0. The van der Waals surface area contributed by atoms with Gasteiger partial charge in [0.25, 0.3) is 5.91 Å². The zero-order chi connectivity index (χ0) is 21.8. The summed E-state index contributed by atoms with van der Waals surface area (Å²) in [7, 11) is 3.16. The molecule has 0 spiro atoms. The van der Waals surface area contributed by atoms with Gasteiger partial charge in [0.1, 0.15) is 29.4 Å². The maximum absolute atomic E-state index is 12.5. The Labute approximate surface area is 178 Å². The van der Waals surface area contributed by atoms with E-state index in [4.69, 9.17) is 17.3 Å². The van der Waals surface area contributed by atoms with Gasteiger partial charge >= 0.3 is 0 Å². The molecule has 30 heavy (non-hydrogen) atoms. The molecule has 2 heterocycles. The molecule has 0 saturated heterocycles. The Hall–Kier alpha value is -3.41. The minimum Gasteiger partial charge on any atom is -0.396 e. The van der Waals surface area contributed by atoms with Gasteiger partial charge in [-0.15, -0.1) is 0 Å². The predicted octanol–water partition coefficient (Wildman–Crippen LogP) is 2.71. The number of hydrogen-bond donors (Lipinski definition) is 2. The number of nitrogens with two attached hydrogens (primary N) is 1. The predicted molar refractivity (Wildman–Crippen MR) is 116 cm³/mol. The van der Waals surface area contributed by atoms with Crippen molar-refractivity contribution in [3.63, 3.8) is 0 Å². The van der Waals surface area contributed by atoms with Gasteiger partial charge in [0.05, 0.1) is 11.1 Å². The van der Waals surface area contributed by atoms with Gasteiger partial charge in [-0.1, -0.05) is 23.7 Å². The maximum atomic E-state index is 12.5. The number of rotatable bonds is 6. The fourth-order valence-electron chi connectivity index (χ4n) is 3.24. The number of anilines is 1. The number of aromatic nitrogens is 3. The maximum Gasteiger partial charge on any atom is 0.264 e. The second kappa shape index (κ2) is 8.95. The standard InChI is InChI=1S/C21H21ClN6O2/c1-27(2)21(30)14(11-23)10-16-17(13-4-6-15(22)7-5-13)18-19(24)25-12-26-20(18)28(16)8-3-9-29/h4-7,10,12,29H,3,8-9H2,1-2H3,(H2,24,25,26)/b14-10+. The highest BCUT2D eigenvalue weighted by Crippen LogP contribution is 2.38. The van der Waals surface area contributed by atoms with Crippen LogP contribution in [0.1, 0.15) is 12.1 Å². The Morgan fingerprint density at radius 1 is 1.33 bits per heavy atom. The molecule has 0 saturated carbocycles. The number of aliphatic hydroxyl groups is 1. The Morgan fingerprint density at radius 2 is 2.03 bits per heavy atom. The third kappa shape index (κ3) is 3.99. The number of nitrogen functional groups attached to an aromatic ring is 1. The van der Waals surface area contributed by atoms with Gasteiger partial charge in [-0.05, 0) is 30.2 Å². The number of amides is 1. The van der Waals surface area contributed by atoms with Crippen LogP contribution in [0, 0.1) is 11.3 Å². The van der Waals surface area contributed by atoms with Gasteiger partial charge in [0, 0.05) is 37.8 Å². The lowest BCUT2D eigenvalue weighted by molar-refractivity contribution is -0.124. The summed E-state index contributed by atoms with van der Waals surface area (Å²) in [6.07, 6.45) is 3.35. The van der Waals surface area contributed by atoms with Crippen LogP contribution in [-0.4, -0.2) is 51.2 Å². The second-order valence-electron chi connectivity index (χ2n) is 6.82. The molecule has 8 nitrogen and oxygen atoms in total. The first-order chi connectivity index (χ1) is 14.4. The minimum absolute atomic E-state index is 0.0264. The number of benzene rings is 1. The van der Waals surface area contributed by atoms with Gasteiger partial charge < -0.3 is 20.3 Å². The van der Waals surface area contributed by atoms with Crippen molar-refractivity contribution in [2.75, 3.05) is 26.4 Å². The topological polar surface area (TPSA) is 121 Å². The van der Waals surface area contributed by atoms with Crippen LogP contribution in [0.4, 0.5) is 5.82 Å². The number of carbonyl (C=O) groups is 1. The van der Waals surface area contributed by atoms with E-state index in [9.17, 15) is 15.2 Å². The van der Waals surface area contributed by atoms with Gasteiger partial charge in [-0.25, -0.2) is 9.97 Å². The summed E-state index contributed by atoms with van der Waals surface area (Å²) in [5.41, 5.74) is 8.79. The zero-order valence-electron chi connectivity index (χ0n) is 16.6. The summed E-state index contributed by atoms with van der Waals surface area (Å²) in [6, 6.07) is 9.14. The number of aryl methyl sites for hydroxylation is 1. The van der Waals surface area contributed by atoms with E-state index in [1.807, 2.05) is 22.8 Å². The van der Waals surface area contributed by atoms with Crippen molar-refractivity contribution in [2.24, 2.45) is 0 Å². The van der Waals surface area contributed by atoms with Gasteiger partial charge in [0.2, 0.25) is 0 Å². The summed E-state index contributed by atoms with van der Waals surface area (Å²) in [5, 5.41) is 20.2. The molecule has 0 aliphatic rings. The van der Waals surface area contributed by atoms with Crippen LogP contribution in [-0.2, 0) is 11.3 Å². The summed E-state index contributed by atoms with van der Waals surface area (Å²) >= 11 is 6.06. The molecule has 3 N–H and O–H groups in total. The van der Waals surface area contributed by atoms with Crippen molar-refractivity contribution in [3.8, 4) is 17.2 Å². The van der Waals surface area contributed by atoms with E-state index in [0.29, 0.717) is 40.3 Å². The summed E-state index contributed by atoms with van der Waals surface area (Å²) in [5.74, 6) is -0.141. The van der Waals surface area contributed by atoms with Crippen LogP contribution in [0.5, 0.6) is 0 Å². The average Bonchev–Trinajstić information content (AvgIpc) is 3.04. The van der Waals surface area contributed by atoms with E-state index in [2.05, 4.69) is 9.97 Å². The molecule has 0 radical (unpaired) electrons. The van der Waals surface area contributed by atoms with Gasteiger partial charge in [0.15, 0.2) is 0 Å². The Morgan fingerprint density at radius 3 is 2.63 bits per heavy atom. The minimum atomic E-state index is -0.419. The van der Waals surface area contributed by atoms with E-state index in [-0.39, 0.29) is 18.0 Å². The Kier molecular flexibility index (Phi) is 6.35. The average molecular weight is 425 g/mol. The third-order valence-corrected chi connectivity index (χ3v) is 4.87. The van der Waals surface area contributed by atoms with E-state index >= 15 is 0 Å². The fourth-order valence-corrected chi connectivity index (χ4v) is 3.37. The molecular weight excluding hydrogens is 404 g/mol. The molecule has 0 atom stereocenters. The van der Waals surface area contributed by atoms with Crippen LogP contribution >= 0.6 is 11.6 Å². The van der Waals surface area contributed by atoms with Crippen molar-refractivity contribution >= 4 is 40.4 Å². The number of nitrogens with zero attached hydrogens (tertiary/aromatic N) is 5. The molecular formula is C21H21ClN6O2. The van der Waals surface area contributed by atoms with Crippen molar-refractivity contribution in [1.82, 2.24) is 19.4 Å². The highest BCUT2D eigenvalue weighted by atomic mass is 35.5. The summed E-state index contributed by atoms with van der Waals surface area (Å²) in [4.78, 5) is 22.3. The molecule has 0 aliphatic carbocycles. The van der Waals surface area contributed by atoms with Crippen LogP contribution in [0.2, 0.25) is 5.02 Å². The lowest BCUT2D eigenvalue weighted by Gasteiger charge is -2.11. The molecule has 3 rings (SSSR count). The van der Waals surface area contributed by atoms with E-state index in [1.165, 1.54) is 17.3 Å². The summed E-state index contributed by atoms with van der Waals surface area (Å²) in [6.45, 7) is 0.388. The number of aliphatic hydroxyl groups excluding tert-OH is 1. The number of nitriles is 1. The van der Waals surface area contributed by atoms with E-state index in [0.717, 1.165) is 5.56 Å². The quantitative estimate of drug-likeness (QED) is 0.463. The number of fused-ring (bicyclic) bond motifs is 1. The van der Waals surface area contributed by atoms with Crippen molar-refractivity contribution in [3.05, 3.63) is 46.9 Å². The van der Waals surface area contributed by atoms with Crippen molar-refractivity contribution in [1.29, 1.82) is 5.26 Å². The SMILES string of the molecule is CN(C)C(=O)/C(C#N)=C/c1c(-c2ccc(Cl)cc2)c2c(N)ncnc2n1CCCO. The molecule has 0 unspecified atom stereocenters. The monoisotopic (exact) mass is 424 g/mol. The van der Waals surface area contributed by atoms with Crippen molar-refractivity contribution < 1.29 is 9.90 Å². The van der Waals surface area contributed by atoms with Crippen LogP contribution in [0.15, 0.2) is 36.2 Å². The van der Waals surface area contributed by atoms with Crippen LogP contribution in [0.25, 0.3) is 28.2 Å². The largest absolute Gasteiger partial charge is 0.396 e. The zero-order valence-corrected chi connectivity index (χ0v) is 17.4. The molecule has 0 bridgehead atoms. The number of likely N-dealkylation sites (N-methyl/N-ethyl adjacent to an activating group) is 1.